The summed E-state index contributed by atoms with van der Waals surface area (Å²) in [6.45, 7) is 1.73. The van der Waals surface area contributed by atoms with Crippen LogP contribution in [0.3, 0.4) is 0 Å². The van der Waals surface area contributed by atoms with Crippen LogP contribution in [0.25, 0.3) is 11.4 Å². The van der Waals surface area contributed by atoms with Gasteiger partial charge in [-0.05, 0) is 55.5 Å². The molecule has 9 heteroatoms. The first-order valence-electron chi connectivity index (χ1n) is 8.06. The van der Waals surface area contributed by atoms with E-state index in [9.17, 15) is 9.18 Å². The van der Waals surface area contributed by atoms with E-state index in [1.54, 1.807) is 26.2 Å². The molecule has 3 N–H and O–H groups in total. The minimum absolute atomic E-state index is 0.249. The van der Waals surface area contributed by atoms with Gasteiger partial charge in [0.05, 0.1) is 12.4 Å². The van der Waals surface area contributed by atoms with Crippen LogP contribution in [-0.2, 0) is 4.79 Å². The standard InChI is InChI=1S/C18H18FN5O2S/c1-11(17(25)21-14-7-5-13(19)6-8-14)27-18-23-22-16(24(18)20)12-3-9-15(26-2)10-4-12/h3-11H,20H2,1-2H3,(H,21,25)/t11-/m0/s1. The Morgan fingerprint density at radius 1 is 1.19 bits per heavy atom. The predicted molar refractivity (Wildman–Crippen MR) is 103 cm³/mol. The second kappa shape index (κ2) is 8.09. The molecule has 0 aliphatic heterocycles. The van der Waals surface area contributed by atoms with E-state index in [1.807, 2.05) is 12.1 Å². The van der Waals surface area contributed by atoms with Crippen LogP contribution in [0.4, 0.5) is 10.1 Å². The second-order valence-electron chi connectivity index (χ2n) is 5.66. The average molecular weight is 387 g/mol. The summed E-state index contributed by atoms with van der Waals surface area (Å²) in [4.78, 5) is 12.3. The number of aromatic nitrogens is 3. The van der Waals surface area contributed by atoms with Crippen LogP contribution in [0, 0.1) is 5.82 Å². The van der Waals surface area contributed by atoms with E-state index in [2.05, 4.69) is 15.5 Å². The van der Waals surface area contributed by atoms with E-state index in [0.717, 1.165) is 11.3 Å². The van der Waals surface area contributed by atoms with Crippen molar-refractivity contribution in [2.24, 2.45) is 0 Å². The quantitative estimate of drug-likeness (QED) is 0.499. The molecule has 1 atom stereocenters. The second-order valence-corrected chi connectivity index (χ2v) is 6.97. The van der Waals surface area contributed by atoms with Crippen LogP contribution < -0.4 is 15.9 Å². The highest BCUT2D eigenvalue weighted by Gasteiger charge is 2.20. The summed E-state index contributed by atoms with van der Waals surface area (Å²) >= 11 is 1.18. The van der Waals surface area contributed by atoms with Crippen molar-refractivity contribution in [1.29, 1.82) is 0 Å². The number of rotatable bonds is 6. The van der Waals surface area contributed by atoms with Gasteiger partial charge in [0, 0.05) is 11.3 Å². The summed E-state index contributed by atoms with van der Waals surface area (Å²) in [5, 5.41) is 10.8. The minimum Gasteiger partial charge on any atom is -0.497 e. The van der Waals surface area contributed by atoms with E-state index < -0.39 is 5.25 Å². The van der Waals surface area contributed by atoms with Crippen molar-refractivity contribution >= 4 is 23.4 Å². The third kappa shape index (κ3) is 4.37. The molecule has 2 aromatic carbocycles. The topological polar surface area (TPSA) is 95.1 Å². The van der Waals surface area contributed by atoms with Gasteiger partial charge in [-0.25, -0.2) is 9.07 Å². The number of benzene rings is 2. The van der Waals surface area contributed by atoms with E-state index in [0.29, 0.717) is 16.7 Å². The lowest BCUT2D eigenvalue weighted by Gasteiger charge is -2.11. The number of anilines is 1. The van der Waals surface area contributed by atoms with Gasteiger partial charge in [0.1, 0.15) is 11.6 Å². The number of carbonyl (C=O) groups excluding carboxylic acids is 1. The Kier molecular flexibility index (Phi) is 5.60. The van der Waals surface area contributed by atoms with Crippen LogP contribution in [-0.4, -0.2) is 33.1 Å². The molecular formula is C18H18FN5O2S. The summed E-state index contributed by atoms with van der Waals surface area (Å²) in [6.07, 6.45) is 0. The van der Waals surface area contributed by atoms with Gasteiger partial charge in [-0.1, -0.05) is 11.8 Å². The number of nitrogens with zero attached hydrogens (tertiary/aromatic N) is 3. The Hall–Kier alpha value is -3.07. The summed E-state index contributed by atoms with van der Waals surface area (Å²) in [7, 11) is 1.59. The molecular weight excluding hydrogens is 369 g/mol. The fourth-order valence-corrected chi connectivity index (χ4v) is 3.05. The molecule has 0 bridgehead atoms. The van der Waals surface area contributed by atoms with Gasteiger partial charge in [-0.3, -0.25) is 4.79 Å². The van der Waals surface area contributed by atoms with E-state index >= 15 is 0 Å². The molecule has 1 heterocycles. The Labute approximate surface area is 159 Å². The third-order valence-electron chi connectivity index (χ3n) is 3.78. The van der Waals surface area contributed by atoms with E-state index in [1.165, 1.54) is 40.7 Å². The van der Waals surface area contributed by atoms with E-state index in [-0.39, 0.29) is 11.7 Å². The largest absolute Gasteiger partial charge is 0.497 e. The molecule has 0 saturated carbocycles. The molecule has 0 radical (unpaired) electrons. The fourth-order valence-electron chi connectivity index (χ4n) is 2.28. The van der Waals surface area contributed by atoms with Crippen molar-refractivity contribution in [2.45, 2.75) is 17.3 Å². The van der Waals surface area contributed by atoms with Gasteiger partial charge in [0.2, 0.25) is 11.1 Å². The molecule has 7 nitrogen and oxygen atoms in total. The van der Waals surface area contributed by atoms with Crippen molar-refractivity contribution in [2.75, 3.05) is 18.3 Å². The molecule has 0 fully saturated rings. The number of ether oxygens (including phenoxy) is 1. The summed E-state index contributed by atoms with van der Waals surface area (Å²) in [6, 6.07) is 12.8. The molecule has 27 heavy (non-hydrogen) atoms. The number of thioether (sulfide) groups is 1. The zero-order valence-electron chi connectivity index (χ0n) is 14.7. The normalized spacial score (nSPS) is 11.8. The van der Waals surface area contributed by atoms with Crippen LogP contribution in [0.1, 0.15) is 6.92 Å². The SMILES string of the molecule is COc1ccc(-c2nnc(S[C@@H](C)C(=O)Nc3ccc(F)cc3)n2N)cc1. The zero-order chi connectivity index (χ0) is 19.4. The summed E-state index contributed by atoms with van der Waals surface area (Å²) < 4.78 is 19.4. The van der Waals surface area contributed by atoms with Crippen LogP contribution >= 0.6 is 11.8 Å². The lowest BCUT2D eigenvalue weighted by atomic mass is 10.2. The predicted octanol–water partition coefficient (Wildman–Crippen LogP) is 2.93. The van der Waals surface area contributed by atoms with Gasteiger partial charge >= 0.3 is 0 Å². The summed E-state index contributed by atoms with van der Waals surface area (Å²) in [5.74, 6) is 6.68. The number of hydrogen-bond acceptors (Lipinski definition) is 6. The highest BCUT2D eigenvalue weighted by atomic mass is 32.2. The molecule has 140 valence electrons. The van der Waals surface area contributed by atoms with Crippen LogP contribution in [0.2, 0.25) is 0 Å². The smallest absolute Gasteiger partial charge is 0.237 e. The molecule has 0 saturated heterocycles. The molecule has 3 aromatic rings. The van der Waals surface area contributed by atoms with Crippen LogP contribution in [0.5, 0.6) is 5.75 Å². The number of methoxy groups -OCH3 is 1. The van der Waals surface area contributed by atoms with Gasteiger partial charge in [-0.2, -0.15) is 0 Å². The maximum absolute atomic E-state index is 12.9. The first-order chi connectivity index (χ1) is 13.0. The zero-order valence-corrected chi connectivity index (χ0v) is 15.5. The van der Waals surface area contributed by atoms with Crippen molar-refractivity contribution in [3.8, 4) is 17.1 Å². The summed E-state index contributed by atoms with van der Waals surface area (Å²) in [5.41, 5.74) is 1.29. The Morgan fingerprint density at radius 3 is 2.48 bits per heavy atom. The van der Waals surface area contributed by atoms with E-state index in [4.69, 9.17) is 10.6 Å². The lowest BCUT2D eigenvalue weighted by molar-refractivity contribution is -0.115. The number of nitrogens with two attached hydrogens (primary N) is 1. The lowest BCUT2D eigenvalue weighted by Crippen LogP contribution is -2.23. The van der Waals surface area contributed by atoms with Crippen molar-refractivity contribution in [1.82, 2.24) is 14.9 Å². The van der Waals surface area contributed by atoms with Gasteiger partial charge in [0.25, 0.3) is 0 Å². The third-order valence-corrected chi connectivity index (χ3v) is 4.83. The molecule has 0 spiro atoms. The molecule has 1 amide bonds. The Bertz CT molecular complexity index is 928. The average Bonchev–Trinajstić information content (AvgIpc) is 3.04. The molecule has 1 aromatic heterocycles. The first kappa shape index (κ1) is 18.7. The number of hydrogen-bond donors (Lipinski definition) is 2. The number of nitrogen functional groups attached to an aromatic ring is 1. The Morgan fingerprint density at radius 2 is 1.85 bits per heavy atom. The minimum atomic E-state index is -0.481. The highest BCUT2D eigenvalue weighted by molar-refractivity contribution is 8.00. The van der Waals surface area contributed by atoms with Crippen LogP contribution in [0.15, 0.2) is 53.7 Å². The van der Waals surface area contributed by atoms with Crippen molar-refractivity contribution in [3.05, 3.63) is 54.3 Å². The van der Waals surface area contributed by atoms with Gasteiger partial charge in [0.15, 0.2) is 5.82 Å². The molecule has 0 aliphatic rings. The number of halogens is 1. The van der Waals surface area contributed by atoms with Crippen molar-refractivity contribution < 1.29 is 13.9 Å². The maximum Gasteiger partial charge on any atom is 0.237 e. The number of amides is 1. The van der Waals surface area contributed by atoms with Gasteiger partial charge in [-0.15, -0.1) is 10.2 Å². The number of nitrogens with one attached hydrogen (secondary N) is 1. The molecule has 0 aliphatic carbocycles. The molecule has 3 rings (SSSR count). The first-order valence-corrected chi connectivity index (χ1v) is 8.94. The Balaban J connectivity index is 1.68. The number of carbonyl (C=O) groups is 1. The highest BCUT2D eigenvalue weighted by Crippen LogP contribution is 2.26. The molecule has 0 unspecified atom stereocenters. The van der Waals surface area contributed by atoms with Gasteiger partial charge < -0.3 is 15.9 Å². The fraction of sp³-hybridized carbons (Fsp3) is 0.167. The maximum atomic E-state index is 12.9. The monoisotopic (exact) mass is 387 g/mol. The van der Waals surface area contributed by atoms with Crippen molar-refractivity contribution in [3.63, 3.8) is 0 Å².